The van der Waals surface area contributed by atoms with Gasteiger partial charge in [-0.3, -0.25) is 4.79 Å². The van der Waals surface area contributed by atoms with Crippen LogP contribution in [0.5, 0.6) is 5.75 Å². The van der Waals surface area contributed by atoms with Crippen LogP contribution in [0, 0.1) is 0 Å². The molecule has 0 spiro atoms. The van der Waals surface area contributed by atoms with Gasteiger partial charge in [0, 0.05) is 24.5 Å². The molecule has 0 fully saturated rings. The number of carbonyl (C=O) groups is 1. The number of carbonyl (C=O) groups excluding carboxylic acids is 1. The molecule has 1 aromatic carbocycles. The largest absolute Gasteiger partial charge is 0.496 e. The number of nitrogens with zero attached hydrogens (tertiary/aromatic N) is 2. The predicted octanol–water partition coefficient (Wildman–Crippen LogP) is 2.78. The van der Waals surface area contributed by atoms with E-state index in [1.165, 1.54) is 0 Å². The van der Waals surface area contributed by atoms with Crippen molar-refractivity contribution in [3.8, 4) is 17.1 Å². The van der Waals surface area contributed by atoms with Crippen molar-refractivity contribution in [2.45, 2.75) is 19.9 Å². The number of hydrogen-bond donors (Lipinski definition) is 0. The number of aromatic nitrogens is 2. The maximum Gasteiger partial charge on any atom is 0.153 e. The molecule has 1 heterocycles. The summed E-state index contributed by atoms with van der Waals surface area (Å²) in [5, 5.41) is 0. The average molecular weight is 244 g/mol. The summed E-state index contributed by atoms with van der Waals surface area (Å²) in [6.45, 7) is 3.03. The molecule has 4 heteroatoms. The summed E-state index contributed by atoms with van der Waals surface area (Å²) in [6, 6.07) is 5.52. The molecule has 0 atom stereocenters. The zero-order valence-corrected chi connectivity index (χ0v) is 10.6. The minimum atomic E-state index is 0.543. The van der Waals surface area contributed by atoms with E-state index in [0.29, 0.717) is 11.3 Å². The molecule has 0 bridgehead atoms. The van der Waals surface area contributed by atoms with Crippen molar-refractivity contribution in [1.29, 1.82) is 0 Å². The number of ether oxygens (including phenoxy) is 1. The third kappa shape index (κ3) is 2.27. The Morgan fingerprint density at radius 2 is 2.28 bits per heavy atom. The van der Waals surface area contributed by atoms with Crippen molar-refractivity contribution in [2.24, 2.45) is 0 Å². The second kappa shape index (κ2) is 5.49. The number of hydrogen-bond acceptors (Lipinski definition) is 3. The van der Waals surface area contributed by atoms with Gasteiger partial charge in [-0.05, 0) is 24.6 Å². The van der Waals surface area contributed by atoms with Crippen molar-refractivity contribution in [1.82, 2.24) is 9.55 Å². The zero-order chi connectivity index (χ0) is 13.0. The predicted molar refractivity (Wildman–Crippen MR) is 69.9 cm³/mol. The summed E-state index contributed by atoms with van der Waals surface area (Å²) in [7, 11) is 1.56. The van der Waals surface area contributed by atoms with Gasteiger partial charge in [-0.1, -0.05) is 6.92 Å². The number of rotatable bonds is 5. The van der Waals surface area contributed by atoms with E-state index in [2.05, 4.69) is 16.5 Å². The molecule has 0 saturated heterocycles. The molecule has 2 aromatic rings. The first-order valence-electron chi connectivity index (χ1n) is 5.95. The van der Waals surface area contributed by atoms with E-state index in [1.807, 2.05) is 12.3 Å². The van der Waals surface area contributed by atoms with Gasteiger partial charge in [0.1, 0.15) is 11.6 Å². The summed E-state index contributed by atoms with van der Waals surface area (Å²) in [4.78, 5) is 15.4. The second-order valence-corrected chi connectivity index (χ2v) is 4.02. The first-order chi connectivity index (χ1) is 8.80. The van der Waals surface area contributed by atoms with Crippen LogP contribution in [0.2, 0.25) is 0 Å². The molecule has 0 aliphatic carbocycles. The molecule has 0 saturated carbocycles. The molecule has 0 N–H and O–H groups in total. The maximum absolute atomic E-state index is 11.0. The van der Waals surface area contributed by atoms with Crippen LogP contribution in [0.25, 0.3) is 11.4 Å². The first-order valence-corrected chi connectivity index (χ1v) is 5.95. The second-order valence-electron chi connectivity index (χ2n) is 4.02. The number of aldehydes is 1. The van der Waals surface area contributed by atoms with Crippen molar-refractivity contribution in [2.75, 3.05) is 7.11 Å². The highest BCUT2D eigenvalue weighted by molar-refractivity contribution is 5.82. The molecular weight excluding hydrogens is 228 g/mol. The standard InChI is InChI=1S/C14H16N2O2/c1-3-7-16-8-6-15-14(16)11-4-5-13(18-2)12(9-11)10-17/h4-6,8-10H,3,7H2,1-2H3. The monoisotopic (exact) mass is 244 g/mol. The number of imidazole rings is 1. The fourth-order valence-electron chi connectivity index (χ4n) is 1.96. The van der Waals surface area contributed by atoms with Crippen molar-refractivity contribution in [3.63, 3.8) is 0 Å². The van der Waals surface area contributed by atoms with Crippen LogP contribution >= 0.6 is 0 Å². The number of benzene rings is 1. The van der Waals surface area contributed by atoms with Crippen molar-refractivity contribution < 1.29 is 9.53 Å². The highest BCUT2D eigenvalue weighted by Gasteiger charge is 2.09. The normalized spacial score (nSPS) is 10.3. The Kier molecular flexibility index (Phi) is 3.77. The lowest BCUT2D eigenvalue weighted by Gasteiger charge is -2.08. The highest BCUT2D eigenvalue weighted by atomic mass is 16.5. The van der Waals surface area contributed by atoms with E-state index in [-0.39, 0.29) is 0 Å². The summed E-state index contributed by atoms with van der Waals surface area (Å²) in [6.07, 6.45) is 5.56. The lowest BCUT2D eigenvalue weighted by atomic mass is 10.1. The molecule has 4 nitrogen and oxygen atoms in total. The van der Waals surface area contributed by atoms with Gasteiger partial charge in [0.15, 0.2) is 6.29 Å². The van der Waals surface area contributed by atoms with Gasteiger partial charge >= 0.3 is 0 Å². The Morgan fingerprint density at radius 3 is 2.94 bits per heavy atom. The van der Waals surface area contributed by atoms with E-state index < -0.39 is 0 Å². The molecule has 1 aromatic heterocycles. The van der Waals surface area contributed by atoms with Crippen molar-refractivity contribution in [3.05, 3.63) is 36.2 Å². The minimum Gasteiger partial charge on any atom is -0.496 e. The topological polar surface area (TPSA) is 44.1 Å². The Hall–Kier alpha value is -2.10. The third-order valence-corrected chi connectivity index (χ3v) is 2.79. The summed E-state index contributed by atoms with van der Waals surface area (Å²) < 4.78 is 7.21. The van der Waals surface area contributed by atoms with Crippen LogP contribution < -0.4 is 4.74 Å². The molecule has 0 amide bonds. The number of methoxy groups -OCH3 is 1. The Morgan fingerprint density at radius 1 is 1.44 bits per heavy atom. The third-order valence-electron chi connectivity index (χ3n) is 2.79. The van der Waals surface area contributed by atoms with Crippen LogP contribution in [0.4, 0.5) is 0 Å². The lowest BCUT2D eigenvalue weighted by molar-refractivity contribution is 0.112. The molecule has 94 valence electrons. The van der Waals surface area contributed by atoms with Gasteiger partial charge in [0.2, 0.25) is 0 Å². The first kappa shape index (κ1) is 12.4. The molecule has 0 unspecified atom stereocenters. The fraction of sp³-hybridized carbons (Fsp3) is 0.286. The van der Waals surface area contributed by atoms with Gasteiger partial charge in [-0.2, -0.15) is 0 Å². The quantitative estimate of drug-likeness (QED) is 0.760. The zero-order valence-electron chi connectivity index (χ0n) is 10.6. The van der Waals surface area contributed by atoms with Gasteiger partial charge in [0.05, 0.1) is 12.7 Å². The molecule has 2 rings (SSSR count). The van der Waals surface area contributed by atoms with Crippen molar-refractivity contribution >= 4 is 6.29 Å². The van der Waals surface area contributed by atoms with Crippen LogP contribution in [0.3, 0.4) is 0 Å². The van der Waals surface area contributed by atoms with E-state index in [4.69, 9.17) is 4.74 Å². The minimum absolute atomic E-state index is 0.543. The smallest absolute Gasteiger partial charge is 0.153 e. The van der Waals surface area contributed by atoms with Gasteiger partial charge in [0.25, 0.3) is 0 Å². The fourth-order valence-corrected chi connectivity index (χ4v) is 1.96. The Labute approximate surface area is 106 Å². The average Bonchev–Trinajstić information content (AvgIpc) is 2.86. The molecule has 18 heavy (non-hydrogen) atoms. The molecular formula is C14H16N2O2. The van der Waals surface area contributed by atoms with Gasteiger partial charge in [-0.15, -0.1) is 0 Å². The maximum atomic E-state index is 11.0. The van der Waals surface area contributed by atoms with E-state index in [1.54, 1.807) is 25.4 Å². The van der Waals surface area contributed by atoms with E-state index in [0.717, 1.165) is 30.6 Å². The summed E-state index contributed by atoms with van der Waals surface area (Å²) in [5.41, 5.74) is 1.47. The van der Waals surface area contributed by atoms with Crippen LogP contribution in [-0.2, 0) is 6.54 Å². The number of aryl methyl sites for hydroxylation is 1. The van der Waals surface area contributed by atoms with E-state index in [9.17, 15) is 4.79 Å². The summed E-state index contributed by atoms with van der Waals surface area (Å²) in [5.74, 6) is 1.46. The molecule has 0 aliphatic heterocycles. The van der Waals surface area contributed by atoms with Gasteiger partial charge in [-0.25, -0.2) is 4.98 Å². The lowest BCUT2D eigenvalue weighted by Crippen LogP contribution is -1.99. The Balaban J connectivity index is 2.44. The Bertz CT molecular complexity index is 546. The highest BCUT2D eigenvalue weighted by Crippen LogP contribution is 2.24. The molecule has 0 radical (unpaired) electrons. The van der Waals surface area contributed by atoms with Crippen LogP contribution in [0.1, 0.15) is 23.7 Å². The van der Waals surface area contributed by atoms with E-state index >= 15 is 0 Å². The molecule has 0 aliphatic rings. The van der Waals surface area contributed by atoms with Crippen LogP contribution in [-0.4, -0.2) is 22.9 Å². The summed E-state index contributed by atoms with van der Waals surface area (Å²) >= 11 is 0. The SMILES string of the molecule is CCCn1ccnc1-c1ccc(OC)c(C=O)c1. The van der Waals surface area contributed by atoms with Crippen LogP contribution in [0.15, 0.2) is 30.6 Å². The van der Waals surface area contributed by atoms with Gasteiger partial charge < -0.3 is 9.30 Å².